The van der Waals surface area contributed by atoms with Gasteiger partial charge in [0.2, 0.25) is 5.78 Å². The molecule has 2 heterocycles. The molecule has 0 amide bonds. The van der Waals surface area contributed by atoms with Crippen molar-refractivity contribution in [3.63, 3.8) is 0 Å². The molecule has 5 heteroatoms. The van der Waals surface area contributed by atoms with Gasteiger partial charge in [-0.05, 0) is 43.5 Å². The van der Waals surface area contributed by atoms with E-state index in [0.29, 0.717) is 15.5 Å². The summed E-state index contributed by atoms with van der Waals surface area (Å²) in [7, 11) is 0. The lowest BCUT2D eigenvalue weighted by atomic mass is 10.0. The van der Waals surface area contributed by atoms with Gasteiger partial charge >= 0.3 is 0 Å². The van der Waals surface area contributed by atoms with Crippen molar-refractivity contribution in [2.24, 2.45) is 0 Å². The number of carbonyl (C=O) groups is 1. The zero-order valence-corrected chi connectivity index (χ0v) is 16.0. The third-order valence-corrected chi connectivity index (χ3v) is 6.26. The summed E-state index contributed by atoms with van der Waals surface area (Å²) in [5.74, 6) is 0.713. The van der Waals surface area contributed by atoms with E-state index >= 15 is 0 Å². The molecule has 0 saturated carbocycles. The van der Waals surface area contributed by atoms with Gasteiger partial charge in [-0.1, -0.05) is 35.9 Å². The van der Waals surface area contributed by atoms with Gasteiger partial charge < -0.3 is 9.47 Å². The van der Waals surface area contributed by atoms with Crippen LogP contribution in [0.2, 0.25) is 5.02 Å². The van der Waals surface area contributed by atoms with Crippen molar-refractivity contribution < 1.29 is 14.3 Å². The predicted molar refractivity (Wildman–Crippen MR) is 106 cm³/mol. The number of fused-ring (bicyclic) bond motifs is 1. The highest BCUT2D eigenvalue weighted by Gasteiger charge is 2.21. The van der Waals surface area contributed by atoms with Crippen LogP contribution in [0.4, 0.5) is 0 Å². The molecule has 1 aromatic heterocycles. The number of ketones is 1. The lowest BCUT2D eigenvalue weighted by Crippen LogP contribution is -2.24. The van der Waals surface area contributed by atoms with Crippen molar-refractivity contribution in [2.45, 2.75) is 32.5 Å². The first-order chi connectivity index (χ1) is 12.6. The molecular weight excluding hydrogens is 368 g/mol. The van der Waals surface area contributed by atoms with Crippen molar-refractivity contribution in [1.29, 1.82) is 0 Å². The first kappa shape index (κ1) is 17.5. The molecule has 3 nitrogen and oxygen atoms in total. The molecule has 1 unspecified atom stereocenters. The first-order valence-corrected chi connectivity index (χ1v) is 9.93. The average Bonchev–Trinajstić information content (AvgIpc) is 2.98. The lowest BCUT2D eigenvalue weighted by Gasteiger charge is -2.23. The molecule has 0 N–H and O–H groups in total. The molecule has 1 atom stereocenters. The Morgan fingerprint density at radius 3 is 2.85 bits per heavy atom. The van der Waals surface area contributed by atoms with Gasteiger partial charge in [-0.3, -0.25) is 4.79 Å². The van der Waals surface area contributed by atoms with E-state index < -0.39 is 0 Å². The van der Waals surface area contributed by atoms with Gasteiger partial charge in [0.15, 0.2) is 6.29 Å². The van der Waals surface area contributed by atoms with Crippen LogP contribution in [-0.4, -0.2) is 18.7 Å². The monoisotopic (exact) mass is 386 g/mol. The molecule has 1 aliphatic rings. The molecule has 1 fully saturated rings. The smallest absolute Gasteiger partial charge is 0.204 e. The molecule has 4 rings (SSSR count). The van der Waals surface area contributed by atoms with E-state index in [2.05, 4.69) is 0 Å². The summed E-state index contributed by atoms with van der Waals surface area (Å²) in [6, 6.07) is 13.3. The van der Waals surface area contributed by atoms with Gasteiger partial charge in [0.25, 0.3) is 0 Å². The molecule has 0 aliphatic carbocycles. The molecule has 134 valence electrons. The second-order valence-corrected chi connectivity index (χ2v) is 7.89. The summed E-state index contributed by atoms with van der Waals surface area (Å²) < 4.78 is 12.5. The molecule has 3 aromatic rings. The van der Waals surface area contributed by atoms with Crippen LogP contribution in [0.3, 0.4) is 0 Å². The highest BCUT2D eigenvalue weighted by atomic mass is 35.5. The van der Waals surface area contributed by atoms with Crippen molar-refractivity contribution in [1.82, 2.24) is 0 Å². The van der Waals surface area contributed by atoms with E-state index in [0.717, 1.165) is 47.3 Å². The number of rotatable bonds is 4. The van der Waals surface area contributed by atoms with Crippen LogP contribution >= 0.6 is 22.9 Å². The van der Waals surface area contributed by atoms with Gasteiger partial charge in [-0.2, -0.15) is 0 Å². The van der Waals surface area contributed by atoms with Crippen LogP contribution in [0.1, 0.15) is 40.1 Å². The van der Waals surface area contributed by atoms with E-state index in [1.165, 1.54) is 11.3 Å². The fourth-order valence-electron chi connectivity index (χ4n) is 3.17. The zero-order chi connectivity index (χ0) is 18.1. The molecule has 0 bridgehead atoms. The molecule has 1 saturated heterocycles. The van der Waals surface area contributed by atoms with Crippen molar-refractivity contribution in [2.75, 3.05) is 6.61 Å². The fraction of sp³-hybridized carbons (Fsp3) is 0.286. The fourth-order valence-corrected chi connectivity index (χ4v) is 4.67. The average molecular weight is 387 g/mol. The maximum absolute atomic E-state index is 12.9. The predicted octanol–water partition coefficient (Wildman–Crippen LogP) is 6.00. The minimum atomic E-state index is -0.190. The largest absolute Gasteiger partial charge is 0.465 e. The summed E-state index contributed by atoms with van der Waals surface area (Å²) in [6.07, 6.45) is 2.92. The third kappa shape index (κ3) is 3.37. The maximum atomic E-state index is 12.9. The van der Waals surface area contributed by atoms with E-state index in [-0.39, 0.29) is 12.1 Å². The van der Waals surface area contributed by atoms with Crippen molar-refractivity contribution in [3.05, 3.63) is 63.5 Å². The number of hydrogen-bond donors (Lipinski definition) is 0. The minimum absolute atomic E-state index is 0.0348. The Labute approximate surface area is 161 Å². The Hall–Kier alpha value is -1.88. The Morgan fingerprint density at radius 2 is 2.08 bits per heavy atom. The molecule has 2 aromatic carbocycles. The summed E-state index contributed by atoms with van der Waals surface area (Å²) in [5.41, 5.74) is 1.64. The van der Waals surface area contributed by atoms with Crippen LogP contribution in [0.5, 0.6) is 5.75 Å². The SMILES string of the molecule is Cc1ccccc1C(=O)c1sc2cc(OC3CCCCO3)ccc2c1Cl. The van der Waals surface area contributed by atoms with E-state index in [1.807, 2.05) is 49.4 Å². The Bertz CT molecular complexity index is 957. The third-order valence-electron chi connectivity index (χ3n) is 4.60. The second-order valence-electron chi connectivity index (χ2n) is 6.46. The van der Waals surface area contributed by atoms with Gasteiger partial charge in [-0.15, -0.1) is 11.3 Å². The summed E-state index contributed by atoms with van der Waals surface area (Å²) in [6.45, 7) is 2.68. The molecule has 0 spiro atoms. The standard InChI is InChI=1S/C21H19ClO3S/c1-13-6-2-3-7-15(13)20(23)21-19(22)16-10-9-14(12-17(16)26-21)25-18-8-4-5-11-24-18/h2-3,6-7,9-10,12,18H,4-5,8,11H2,1H3. The molecule has 26 heavy (non-hydrogen) atoms. The zero-order valence-electron chi connectivity index (χ0n) is 14.5. The van der Waals surface area contributed by atoms with E-state index in [4.69, 9.17) is 21.1 Å². The second kappa shape index (κ2) is 7.39. The van der Waals surface area contributed by atoms with Gasteiger partial charge in [0.1, 0.15) is 5.75 Å². The van der Waals surface area contributed by atoms with E-state index in [1.54, 1.807) is 0 Å². The quantitative estimate of drug-likeness (QED) is 0.516. The lowest BCUT2D eigenvalue weighted by molar-refractivity contribution is -0.105. The number of halogens is 1. The van der Waals surface area contributed by atoms with Gasteiger partial charge in [0, 0.05) is 22.1 Å². The van der Waals surface area contributed by atoms with Crippen LogP contribution in [-0.2, 0) is 4.74 Å². The summed E-state index contributed by atoms with van der Waals surface area (Å²) in [5, 5.41) is 1.39. The van der Waals surface area contributed by atoms with Gasteiger partial charge in [0.05, 0.1) is 16.5 Å². The summed E-state index contributed by atoms with van der Waals surface area (Å²) in [4.78, 5) is 13.5. The number of hydrogen-bond acceptors (Lipinski definition) is 4. The Kier molecular flexibility index (Phi) is 4.98. The maximum Gasteiger partial charge on any atom is 0.204 e. The number of carbonyl (C=O) groups excluding carboxylic acids is 1. The van der Waals surface area contributed by atoms with E-state index in [9.17, 15) is 4.79 Å². The van der Waals surface area contributed by atoms with Gasteiger partial charge in [-0.25, -0.2) is 0 Å². The first-order valence-electron chi connectivity index (χ1n) is 8.74. The highest BCUT2D eigenvalue weighted by Crippen LogP contribution is 2.39. The molecule has 1 aliphatic heterocycles. The van der Waals surface area contributed by atoms with Crippen LogP contribution in [0.15, 0.2) is 42.5 Å². The Morgan fingerprint density at radius 1 is 1.23 bits per heavy atom. The molecule has 0 radical (unpaired) electrons. The topological polar surface area (TPSA) is 35.5 Å². The number of aryl methyl sites for hydroxylation is 1. The number of ether oxygens (including phenoxy) is 2. The summed E-state index contributed by atoms with van der Waals surface area (Å²) >= 11 is 7.93. The van der Waals surface area contributed by atoms with Crippen LogP contribution < -0.4 is 4.74 Å². The normalized spacial score (nSPS) is 17.4. The van der Waals surface area contributed by atoms with Crippen LogP contribution in [0.25, 0.3) is 10.1 Å². The minimum Gasteiger partial charge on any atom is -0.465 e. The van der Waals surface area contributed by atoms with Crippen LogP contribution in [0, 0.1) is 6.92 Å². The van der Waals surface area contributed by atoms with Crippen molar-refractivity contribution >= 4 is 38.8 Å². The molecular formula is C21H19ClO3S. The highest BCUT2D eigenvalue weighted by molar-refractivity contribution is 7.21. The van der Waals surface area contributed by atoms with Crippen molar-refractivity contribution in [3.8, 4) is 5.75 Å². The number of thiophene rings is 1. The Balaban J connectivity index is 1.65. The number of benzene rings is 2.